The number of hydrogen-bond acceptors (Lipinski definition) is 4. The van der Waals surface area contributed by atoms with Crippen LogP contribution in [0.3, 0.4) is 0 Å². The van der Waals surface area contributed by atoms with Crippen LogP contribution < -0.4 is 10.3 Å². The van der Waals surface area contributed by atoms with Crippen molar-refractivity contribution in [2.75, 3.05) is 7.11 Å². The first-order chi connectivity index (χ1) is 8.10. The molecule has 1 heterocycles. The van der Waals surface area contributed by atoms with Crippen LogP contribution >= 0.6 is 11.6 Å². The molecule has 2 rings (SSSR count). The highest BCUT2D eigenvalue weighted by molar-refractivity contribution is 6.32. The second-order valence-corrected chi connectivity index (χ2v) is 3.71. The molecule has 0 bridgehead atoms. The van der Waals surface area contributed by atoms with Crippen molar-refractivity contribution in [3.8, 4) is 23.0 Å². The van der Waals surface area contributed by atoms with Crippen LogP contribution in [0.4, 0.5) is 0 Å². The van der Waals surface area contributed by atoms with Crippen LogP contribution in [-0.4, -0.2) is 22.2 Å². The first-order valence-corrected chi connectivity index (χ1v) is 5.12. The SMILES string of the molecule is COc1ccc(-c2nc(O)cc(=O)[nH]2)cc1Cl. The molecule has 0 saturated carbocycles. The third kappa shape index (κ3) is 2.39. The number of nitrogens with zero attached hydrogens (tertiary/aromatic N) is 1. The van der Waals surface area contributed by atoms with Crippen molar-refractivity contribution in [1.82, 2.24) is 9.97 Å². The van der Waals surface area contributed by atoms with E-state index in [0.717, 1.165) is 6.07 Å². The van der Waals surface area contributed by atoms with Crippen LogP contribution in [0.25, 0.3) is 11.4 Å². The lowest BCUT2D eigenvalue weighted by Gasteiger charge is -2.05. The molecule has 0 radical (unpaired) electrons. The Bertz CT molecular complexity index is 610. The van der Waals surface area contributed by atoms with E-state index in [1.807, 2.05) is 0 Å². The van der Waals surface area contributed by atoms with Crippen molar-refractivity contribution in [2.24, 2.45) is 0 Å². The molecular weight excluding hydrogens is 244 g/mol. The fraction of sp³-hybridized carbons (Fsp3) is 0.0909. The standard InChI is InChI=1S/C11H9ClN2O3/c1-17-8-3-2-6(4-7(8)12)11-13-9(15)5-10(16)14-11/h2-5H,1H3,(H2,13,14,15,16). The van der Waals surface area contributed by atoms with Gasteiger partial charge < -0.3 is 14.8 Å². The predicted octanol–water partition coefficient (Wildman–Crippen LogP) is 1.80. The van der Waals surface area contributed by atoms with Gasteiger partial charge in [-0.05, 0) is 18.2 Å². The summed E-state index contributed by atoms with van der Waals surface area (Å²) in [5, 5.41) is 9.64. The van der Waals surface area contributed by atoms with E-state index in [4.69, 9.17) is 16.3 Å². The second-order valence-electron chi connectivity index (χ2n) is 3.30. The lowest BCUT2D eigenvalue weighted by atomic mass is 10.2. The molecule has 0 aliphatic rings. The number of aromatic nitrogens is 2. The molecule has 1 aromatic carbocycles. The van der Waals surface area contributed by atoms with Crippen molar-refractivity contribution in [2.45, 2.75) is 0 Å². The van der Waals surface area contributed by atoms with Gasteiger partial charge in [-0.1, -0.05) is 11.6 Å². The summed E-state index contributed by atoms with van der Waals surface area (Å²) in [5.74, 6) is 0.438. The summed E-state index contributed by atoms with van der Waals surface area (Å²) in [4.78, 5) is 17.5. The maximum atomic E-state index is 11.2. The summed E-state index contributed by atoms with van der Waals surface area (Å²) < 4.78 is 5.01. The van der Waals surface area contributed by atoms with Gasteiger partial charge in [-0.25, -0.2) is 0 Å². The number of halogens is 1. The summed E-state index contributed by atoms with van der Waals surface area (Å²) in [6.45, 7) is 0. The van der Waals surface area contributed by atoms with Crippen LogP contribution in [0.1, 0.15) is 0 Å². The van der Waals surface area contributed by atoms with E-state index < -0.39 is 5.56 Å². The molecule has 0 aliphatic carbocycles. The zero-order chi connectivity index (χ0) is 12.4. The molecule has 0 fully saturated rings. The van der Waals surface area contributed by atoms with Gasteiger partial charge >= 0.3 is 0 Å². The summed E-state index contributed by atoms with van der Waals surface area (Å²) in [6, 6.07) is 5.93. The van der Waals surface area contributed by atoms with Gasteiger partial charge in [0.25, 0.3) is 5.56 Å². The molecule has 17 heavy (non-hydrogen) atoms. The van der Waals surface area contributed by atoms with Gasteiger partial charge in [-0.3, -0.25) is 4.79 Å². The van der Waals surface area contributed by atoms with Crippen molar-refractivity contribution < 1.29 is 9.84 Å². The fourth-order valence-corrected chi connectivity index (χ4v) is 1.65. The van der Waals surface area contributed by atoms with Gasteiger partial charge in [-0.15, -0.1) is 0 Å². The molecule has 0 aliphatic heterocycles. The lowest BCUT2D eigenvalue weighted by molar-refractivity contribution is 0.415. The Kier molecular flexibility index (Phi) is 3.01. The Morgan fingerprint density at radius 3 is 2.76 bits per heavy atom. The van der Waals surface area contributed by atoms with E-state index in [-0.39, 0.29) is 11.7 Å². The summed E-state index contributed by atoms with van der Waals surface area (Å²) in [6.07, 6.45) is 0. The van der Waals surface area contributed by atoms with Gasteiger partial charge in [0.2, 0.25) is 5.88 Å². The highest BCUT2D eigenvalue weighted by Gasteiger charge is 2.07. The molecule has 88 valence electrons. The number of rotatable bonds is 2. The van der Waals surface area contributed by atoms with Crippen molar-refractivity contribution in [3.05, 3.63) is 39.6 Å². The van der Waals surface area contributed by atoms with Gasteiger partial charge in [-0.2, -0.15) is 4.98 Å². The Hall–Kier alpha value is -2.01. The molecule has 2 N–H and O–H groups in total. The molecule has 2 aromatic rings. The average molecular weight is 253 g/mol. The Labute approximate surface area is 102 Å². The molecule has 5 nitrogen and oxygen atoms in total. The minimum absolute atomic E-state index is 0.250. The fourth-order valence-electron chi connectivity index (χ4n) is 1.40. The molecule has 0 spiro atoms. The number of ether oxygens (including phenoxy) is 1. The predicted molar refractivity (Wildman–Crippen MR) is 63.5 cm³/mol. The lowest BCUT2D eigenvalue weighted by Crippen LogP contribution is -2.06. The number of hydrogen-bond donors (Lipinski definition) is 2. The van der Waals surface area contributed by atoms with Crippen LogP contribution in [0.5, 0.6) is 11.6 Å². The molecule has 0 saturated heterocycles. The van der Waals surface area contributed by atoms with Gasteiger partial charge in [0.15, 0.2) is 0 Å². The average Bonchev–Trinajstić information content (AvgIpc) is 2.27. The normalized spacial score (nSPS) is 10.2. The van der Waals surface area contributed by atoms with E-state index in [9.17, 15) is 9.90 Å². The third-order valence-corrected chi connectivity index (χ3v) is 2.45. The number of aromatic hydroxyl groups is 1. The summed E-state index contributed by atoms with van der Waals surface area (Å²) in [5.41, 5.74) is 0.156. The number of nitrogens with one attached hydrogen (secondary N) is 1. The first kappa shape index (κ1) is 11.5. The van der Waals surface area contributed by atoms with Crippen LogP contribution in [-0.2, 0) is 0 Å². The Morgan fingerprint density at radius 1 is 1.41 bits per heavy atom. The maximum Gasteiger partial charge on any atom is 0.254 e. The third-order valence-electron chi connectivity index (χ3n) is 2.15. The quantitative estimate of drug-likeness (QED) is 0.855. The molecule has 1 aromatic heterocycles. The number of aromatic amines is 1. The van der Waals surface area contributed by atoms with Crippen LogP contribution in [0.15, 0.2) is 29.1 Å². The number of methoxy groups -OCH3 is 1. The van der Waals surface area contributed by atoms with Gasteiger partial charge in [0.1, 0.15) is 11.6 Å². The van der Waals surface area contributed by atoms with E-state index >= 15 is 0 Å². The molecular formula is C11H9ClN2O3. The number of benzene rings is 1. The second kappa shape index (κ2) is 4.47. The van der Waals surface area contributed by atoms with E-state index in [0.29, 0.717) is 16.3 Å². The topological polar surface area (TPSA) is 75.2 Å². The molecule has 6 heteroatoms. The van der Waals surface area contributed by atoms with Crippen molar-refractivity contribution >= 4 is 11.6 Å². The van der Waals surface area contributed by atoms with Crippen LogP contribution in [0, 0.1) is 0 Å². The maximum absolute atomic E-state index is 11.2. The van der Waals surface area contributed by atoms with E-state index in [1.165, 1.54) is 7.11 Å². The smallest absolute Gasteiger partial charge is 0.254 e. The zero-order valence-corrected chi connectivity index (χ0v) is 9.65. The Morgan fingerprint density at radius 2 is 2.18 bits per heavy atom. The Balaban J connectivity index is 2.53. The van der Waals surface area contributed by atoms with E-state index in [2.05, 4.69) is 9.97 Å². The minimum Gasteiger partial charge on any atom is -0.495 e. The van der Waals surface area contributed by atoms with Crippen LogP contribution in [0.2, 0.25) is 5.02 Å². The van der Waals surface area contributed by atoms with Crippen molar-refractivity contribution in [3.63, 3.8) is 0 Å². The summed E-state index contributed by atoms with van der Waals surface area (Å²) >= 11 is 5.95. The zero-order valence-electron chi connectivity index (χ0n) is 8.90. The van der Waals surface area contributed by atoms with Gasteiger partial charge in [0.05, 0.1) is 18.2 Å². The largest absolute Gasteiger partial charge is 0.495 e. The summed E-state index contributed by atoms with van der Waals surface area (Å²) in [7, 11) is 1.51. The van der Waals surface area contributed by atoms with Gasteiger partial charge in [0, 0.05) is 5.56 Å². The first-order valence-electron chi connectivity index (χ1n) is 4.74. The monoisotopic (exact) mass is 252 g/mol. The minimum atomic E-state index is -0.431. The molecule has 0 amide bonds. The molecule has 0 atom stereocenters. The molecule has 0 unspecified atom stereocenters. The highest BCUT2D eigenvalue weighted by atomic mass is 35.5. The van der Waals surface area contributed by atoms with Crippen molar-refractivity contribution in [1.29, 1.82) is 0 Å². The number of H-pyrrole nitrogens is 1. The van der Waals surface area contributed by atoms with E-state index in [1.54, 1.807) is 18.2 Å². The highest BCUT2D eigenvalue weighted by Crippen LogP contribution is 2.28.